The fourth-order valence-corrected chi connectivity index (χ4v) is 2.32. The van der Waals surface area contributed by atoms with Crippen molar-refractivity contribution in [3.8, 4) is 28.6 Å². The molecule has 0 fully saturated rings. The Labute approximate surface area is 128 Å². The fourth-order valence-electron chi connectivity index (χ4n) is 2.32. The minimum Gasteiger partial charge on any atom is -0.381 e. The van der Waals surface area contributed by atoms with E-state index in [9.17, 15) is 5.26 Å². The minimum absolute atomic E-state index is 0.149. The molecule has 1 heterocycles. The maximum absolute atomic E-state index is 9.17. The van der Waals surface area contributed by atoms with Gasteiger partial charge >= 0.3 is 0 Å². The smallest absolute Gasteiger partial charge is 0.183 e. The molecule has 2 N–H and O–H groups in total. The first-order valence-corrected chi connectivity index (χ1v) is 6.89. The summed E-state index contributed by atoms with van der Waals surface area (Å²) >= 11 is 0. The molecule has 0 spiro atoms. The lowest BCUT2D eigenvalue weighted by Crippen LogP contribution is -2.03. The SMILES string of the molecule is Cc1cccc(-c2nc(C#N)c(N)nc2-c2ccccc2)c1. The predicted molar refractivity (Wildman–Crippen MR) is 86.8 cm³/mol. The number of nitrogens with two attached hydrogens (primary N) is 1. The number of hydrogen-bond donors (Lipinski definition) is 1. The molecule has 0 saturated heterocycles. The summed E-state index contributed by atoms with van der Waals surface area (Å²) in [4.78, 5) is 8.84. The zero-order valence-electron chi connectivity index (χ0n) is 12.1. The first kappa shape index (κ1) is 13.8. The normalized spacial score (nSPS) is 10.2. The number of nitriles is 1. The van der Waals surface area contributed by atoms with Gasteiger partial charge in [-0.1, -0.05) is 54.1 Å². The predicted octanol–water partition coefficient (Wildman–Crippen LogP) is 3.57. The molecule has 3 aromatic rings. The van der Waals surface area contributed by atoms with Crippen molar-refractivity contribution < 1.29 is 0 Å². The van der Waals surface area contributed by atoms with Gasteiger partial charge in [0, 0.05) is 11.1 Å². The zero-order chi connectivity index (χ0) is 15.5. The lowest BCUT2D eigenvalue weighted by Gasteiger charge is -2.11. The van der Waals surface area contributed by atoms with Crippen LogP contribution in [0, 0.1) is 18.3 Å². The van der Waals surface area contributed by atoms with Crippen LogP contribution in [-0.2, 0) is 0 Å². The van der Waals surface area contributed by atoms with Crippen molar-refractivity contribution in [3.63, 3.8) is 0 Å². The molecule has 4 heteroatoms. The molecule has 106 valence electrons. The van der Waals surface area contributed by atoms with Crippen LogP contribution in [0.1, 0.15) is 11.3 Å². The van der Waals surface area contributed by atoms with Crippen molar-refractivity contribution in [2.75, 3.05) is 5.73 Å². The van der Waals surface area contributed by atoms with Gasteiger partial charge in [0.25, 0.3) is 0 Å². The fraction of sp³-hybridized carbons (Fsp3) is 0.0556. The van der Waals surface area contributed by atoms with E-state index in [1.54, 1.807) is 0 Å². The van der Waals surface area contributed by atoms with Crippen LogP contribution in [0.5, 0.6) is 0 Å². The van der Waals surface area contributed by atoms with Gasteiger partial charge in [-0.05, 0) is 13.0 Å². The van der Waals surface area contributed by atoms with Crippen LogP contribution in [0.2, 0.25) is 0 Å². The molecule has 0 aliphatic carbocycles. The van der Waals surface area contributed by atoms with E-state index < -0.39 is 0 Å². The highest BCUT2D eigenvalue weighted by Gasteiger charge is 2.15. The number of benzene rings is 2. The van der Waals surface area contributed by atoms with E-state index in [4.69, 9.17) is 5.73 Å². The summed E-state index contributed by atoms with van der Waals surface area (Å²) in [5, 5.41) is 9.17. The highest BCUT2D eigenvalue weighted by Crippen LogP contribution is 2.30. The average molecular weight is 286 g/mol. The Balaban J connectivity index is 2.30. The van der Waals surface area contributed by atoms with Crippen molar-refractivity contribution in [1.82, 2.24) is 9.97 Å². The molecule has 0 aliphatic rings. The lowest BCUT2D eigenvalue weighted by atomic mass is 10.0. The van der Waals surface area contributed by atoms with Crippen LogP contribution in [0.25, 0.3) is 22.5 Å². The first-order valence-electron chi connectivity index (χ1n) is 6.89. The van der Waals surface area contributed by atoms with Crippen molar-refractivity contribution in [3.05, 3.63) is 65.9 Å². The third kappa shape index (κ3) is 2.52. The van der Waals surface area contributed by atoms with E-state index in [0.717, 1.165) is 16.7 Å². The largest absolute Gasteiger partial charge is 0.381 e. The summed E-state index contributed by atoms with van der Waals surface area (Å²) in [5.41, 5.74) is 10.3. The lowest BCUT2D eigenvalue weighted by molar-refractivity contribution is 1.18. The van der Waals surface area contributed by atoms with Crippen LogP contribution in [-0.4, -0.2) is 9.97 Å². The number of aromatic nitrogens is 2. The summed E-state index contributed by atoms with van der Waals surface area (Å²) in [6.07, 6.45) is 0. The van der Waals surface area contributed by atoms with E-state index in [1.165, 1.54) is 0 Å². The third-order valence-electron chi connectivity index (χ3n) is 3.37. The van der Waals surface area contributed by atoms with Crippen molar-refractivity contribution in [1.29, 1.82) is 5.26 Å². The summed E-state index contributed by atoms with van der Waals surface area (Å²) in [6.45, 7) is 2.02. The second-order valence-electron chi connectivity index (χ2n) is 5.00. The van der Waals surface area contributed by atoms with Crippen LogP contribution in [0.4, 0.5) is 5.82 Å². The molecular weight excluding hydrogens is 272 g/mol. The molecule has 0 radical (unpaired) electrons. The number of hydrogen-bond acceptors (Lipinski definition) is 4. The standard InChI is InChI=1S/C18H14N4/c1-12-6-5-9-14(10-12)17-16(13-7-3-2-4-8-13)22-18(20)15(11-19)21-17/h2-10H,1H3,(H2,20,22). The van der Waals surface area contributed by atoms with Gasteiger partial charge in [-0.25, -0.2) is 9.97 Å². The van der Waals surface area contributed by atoms with Gasteiger partial charge in [-0.2, -0.15) is 5.26 Å². The van der Waals surface area contributed by atoms with Crippen LogP contribution in [0.3, 0.4) is 0 Å². The summed E-state index contributed by atoms with van der Waals surface area (Å²) in [5.74, 6) is 0.151. The maximum atomic E-state index is 9.17. The number of aryl methyl sites for hydroxylation is 1. The van der Waals surface area contributed by atoms with Crippen LogP contribution in [0.15, 0.2) is 54.6 Å². The summed E-state index contributed by atoms with van der Waals surface area (Å²) < 4.78 is 0. The average Bonchev–Trinajstić information content (AvgIpc) is 2.55. The second kappa shape index (κ2) is 5.66. The van der Waals surface area contributed by atoms with Crippen molar-refractivity contribution in [2.24, 2.45) is 0 Å². The minimum atomic E-state index is 0.149. The molecular formula is C18H14N4. The van der Waals surface area contributed by atoms with E-state index in [-0.39, 0.29) is 11.5 Å². The van der Waals surface area contributed by atoms with E-state index in [1.807, 2.05) is 67.6 Å². The highest BCUT2D eigenvalue weighted by molar-refractivity contribution is 5.79. The number of nitrogen functional groups attached to an aromatic ring is 1. The monoisotopic (exact) mass is 286 g/mol. The number of nitrogens with zero attached hydrogens (tertiary/aromatic N) is 3. The number of anilines is 1. The molecule has 0 amide bonds. The Bertz CT molecular complexity index is 864. The first-order chi connectivity index (χ1) is 10.7. The van der Waals surface area contributed by atoms with Gasteiger partial charge in [0.1, 0.15) is 6.07 Å². The molecule has 0 unspecified atom stereocenters. The quantitative estimate of drug-likeness (QED) is 0.781. The third-order valence-corrected chi connectivity index (χ3v) is 3.37. The Morgan fingerprint density at radius 1 is 0.909 bits per heavy atom. The molecule has 4 nitrogen and oxygen atoms in total. The molecule has 0 aliphatic heterocycles. The van der Waals surface area contributed by atoms with E-state index >= 15 is 0 Å². The van der Waals surface area contributed by atoms with Gasteiger partial charge in [-0.15, -0.1) is 0 Å². The van der Waals surface area contributed by atoms with Gasteiger partial charge in [0.15, 0.2) is 11.5 Å². The zero-order valence-corrected chi connectivity index (χ0v) is 12.1. The molecule has 1 aromatic heterocycles. The molecule has 0 saturated carbocycles. The molecule has 22 heavy (non-hydrogen) atoms. The Morgan fingerprint density at radius 3 is 2.27 bits per heavy atom. The van der Waals surface area contributed by atoms with E-state index in [2.05, 4.69) is 9.97 Å². The summed E-state index contributed by atoms with van der Waals surface area (Å²) in [7, 11) is 0. The van der Waals surface area contributed by atoms with Crippen molar-refractivity contribution >= 4 is 5.82 Å². The molecule has 0 atom stereocenters. The maximum Gasteiger partial charge on any atom is 0.183 e. The van der Waals surface area contributed by atoms with Crippen LogP contribution < -0.4 is 5.73 Å². The van der Waals surface area contributed by atoms with Crippen molar-refractivity contribution in [2.45, 2.75) is 6.92 Å². The highest BCUT2D eigenvalue weighted by atomic mass is 14.9. The second-order valence-corrected chi connectivity index (χ2v) is 5.00. The Hall–Kier alpha value is -3.19. The van der Waals surface area contributed by atoms with Crippen LogP contribution >= 0.6 is 0 Å². The van der Waals surface area contributed by atoms with Gasteiger partial charge < -0.3 is 5.73 Å². The Kier molecular flexibility index (Phi) is 3.55. The molecule has 3 rings (SSSR count). The van der Waals surface area contributed by atoms with Gasteiger partial charge in [-0.3, -0.25) is 0 Å². The van der Waals surface area contributed by atoms with E-state index in [0.29, 0.717) is 11.4 Å². The number of rotatable bonds is 2. The Morgan fingerprint density at radius 2 is 1.59 bits per heavy atom. The topological polar surface area (TPSA) is 75.6 Å². The van der Waals surface area contributed by atoms with Gasteiger partial charge in [0.2, 0.25) is 0 Å². The molecule has 0 bridgehead atoms. The summed E-state index contributed by atoms with van der Waals surface area (Å²) in [6, 6.07) is 19.7. The van der Waals surface area contributed by atoms with Gasteiger partial charge in [0.05, 0.1) is 11.4 Å². The molecule has 2 aromatic carbocycles.